The topological polar surface area (TPSA) is 92.6 Å². The Balaban J connectivity index is 1.89. The van der Waals surface area contributed by atoms with E-state index in [1.54, 1.807) is 44.4 Å². The molecule has 0 saturated heterocycles. The molecule has 2 aromatic carbocycles. The molecule has 142 valence electrons. The highest BCUT2D eigenvalue weighted by molar-refractivity contribution is 8.00. The highest BCUT2D eigenvalue weighted by Gasteiger charge is 2.13. The van der Waals surface area contributed by atoms with Crippen molar-refractivity contribution in [3.8, 4) is 0 Å². The number of carbonyl (C=O) groups excluding carboxylic acids is 2. The summed E-state index contributed by atoms with van der Waals surface area (Å²) >= 11 is 1.39. The van der Waals surface area contributed by atoms with E-state index in [0.717, 1.165) is 5.56 Å². The lowest BCUT2D eigenvalue weighted by atomic mass is 10.1. The fraction of sp³-hybridized carbons (Fsp3) is 0.263. The van der Waals surface area contributed by atoms with Crippen LogP contribution < -0.4 is 5.32 Å². The number of benzene rings is 2. The Hall–Kier alpha value is -2.87. The summed E-state index contributed by atoms with van der Waals surface area (Å²) in [6, 6.07) is 13.1. The first-order chi connectivity index (χ1) is 12.8. The molecule has 27 heavy (non-hydrogen) atoms. The Labute approximate surface area is 161 Å². The van der Waals surface area contributed by atoms with E-state index in [1.165, 1.54) is 28.8 Å². The van der Waals surface area contributed by atoms with Crippen LogP contribution in [0, 0.1) is 10.1 Å². The van der Waals surface area contributed by atoms with Gasteiger partial charge >= 0.3 is 0 Å². The molecule has 2 rings (SSSR count). The number of thioether (sulfide) groups is 1. The Bertz CT molecular complexity index is 837. The summed E-state index contributed by atoms with van der Waals surface area (Å²) in [6.45, 7) is 1.90. The minimum Gasteiger partial charge on any atom is -0.345 e. The standard InChI is InChI=1S/C19H21N3O4S/c1-13(15-5-4-6-17(11-15)22(25)26)27-12-18(23)20-16-9-7-14(8-10-16)19(24)21(2)3/h4-11,13H,12H2,1-3H3,(H,20,23)/t13-/m1/s1. The van der Waals surface area contributed by atoms with Gasteiger partial charge in [0.2, 0.25) is 5.91 Å². The number of nitro benzene ring substituents is 1. The average molecular weight is 387 g/mol. The fourth-order valence-corrected chi connectivity index (χ4v) is 3.15. The van der Waals surface area contributed by atoms with Gasteiger partial charge in [0, 0.05) is 42.7 Å². The van der Waals surface area contributed by atoms with Gasteiger partial charge in [-0.25, -0.2) is 0 Å². The number of carbonyl (C=O) groups is 2. The lowest BCUT2D eigenvalue weighted by molar-refractivity contribution is -0.384. The van der Waals surface area contributed by atoms with Crippen molar-refractivity contribution in [1.82, 2.24) is 4.90 Å². The molecule has 2 aromatic rings. The SMILES string of the molecule is C[C@@H](SCC(=O)Nc1ccc(C(=O)N(C)C)cc1)c1cccc([N+](=O)[O-])c1. The number of hydrogen-bond donors (Lipinski definition) is 1. The molecule has 0 saturated carbocycles. The van der Waals surface area contributed by atoms with Crippen LogP contribution in [0.4, 0.5) is 11.4 Å². The number of rotatable bonds is 7. The number of amides is 2. The van der Waals surface area contributed by atoms with Crippen LogP contribution in [-0.4, -0.2) is 41.5 Å². The lowest BCUT2D eigenvalue weighted by Gasteiger charge is -2.12. The van der Waals surface area contributed by atoms with E-state index in [9.17, 15) is 19.7 Å². The van der Waals surface area contributed by atoms with Gasteiger partial charge in [0.1, 0.15) is 0 Å². The molecular formula is C19H21N3O4S. The molecule has 0 radical (unpaired) electrons. The van der Waals surface area contributed by atoms with Crippen LogP contribution in [0.15, 0.2) is 48.5 Å². The van der Waals surface area contributed by atoms with E-state index in [4.69, 9.17) is 0 Å². The van der Waals surface area contributed by atoms with Crippen LogP contribution in [-0.2, 0) is 4.79 Å². The van der Waals surface area contributed by atoms with Crippen LogP contribution in [0.2, 0.25) is 0 Å². The number of hydrogen-bond acceptors (Lipinski definition) is 5. The van der Waals surface area contributed by atoms with Gasteiger partial charge in [-0.3, -0.25) is 19.7 Å². The zero-order valence-corrected chi connectivity index (χ0v) is 16.2. The molecule has 0 bridgehead atoms. The van der Waals surface area contributed by atoms with Crippen molar-refractivity contribution in [2.45, 2.75) is 12.2 Å². The molecular weight excluding hydrogens is 366 g/mol. The first-order valence-electron chi connectivity index (χ1n) is 8.25. The second-order valence-electron chi connectivity index (χ2n) is 6.13. The van der Waals surface area contributed by atoms with Gasteiger partial charge in [0.15, 0.2) is 0 Å². The van der Waals surface area contributed by atoms with Crippen molar-refractivity contribution < 1.29 is 14.5 Å². The van der Waals surface area contributed by atoms with Gasteiger partial charge in [-0.15, -0.1) is 11.8 Å². The van der Waals surface area contributed by atoms with E-state index >= 15 is 0 Å². The predicted octanol–water partition coefficient (Wildman–Crippen LogP) is 3.73. The molecule has 0 aliphatic carbocycles. The molecule has 0 aliphatic heterocycles. The first-order valence-corrected chi connectivity index (χ1v) is 9.30. The minimum absolute atomic E-state index is 0.0387. The molecule has 8 heteroatoms. The molecule has 1 N–H and O–H groups in total. The highest BCUT2D eigenvalue weighted by atomic mass is 32.2. The molecule has 0 spiro atoms. The normalized spacial score (nSPS) is 11.5. The third kappa shape index (κ3) is 5.82. The average Bonchev–Trinajstić information content (AvgIpc) is 2.66. The monoisotopic (exact) mass is 387 g/mol. The molecule has 0 aliphatic rings. The number of nitrogens with zero attached hydrogens (tertiary/aromatic N) is 2. The lowest BCUT2D eigenvalue weighted by Crippen LogP contribution is -2.21. The Morgan fingerprint density at radius 2 is 1.85 bits per heavy atom. The molecule has 0 fully saturated rings. The molecule has 1 atom stereocenters. The largest absolute Gasteiger partial charge is 0.345 e. The van der Waals surface area contributed by atoms with Crippen molar-refractivity contribution >= 4 is 35.0 Å². The van der Waals surface area contributed by atoms with E-state index in [0.29, 0.717) is 11.3 Å². The molecule has 2 amide bonds. The van der Waals surface area contributed by atoms with Crippen molar-refractivity contribution in [2.24, 2.45) is 0 Å². The summed E-state index contributed by atoms with van der Waals surface area (Å²) in [5.41, 5.74) is 2.00. The maximum absolute atomic E-state index is 12.1. The first kappa shape index (κ1) is 20.4. The van der Waals surface area contributed by atoms with Crippen molar-refractivity contribution in [2.75, 3.05) is 25.2 Å². The van der Waals surface area contributed by atoms with Gasteiger partial charge in [0.25, 0.3) is 11.6 Å². The third-order valence-corrected chi connectivity index (χ3v) is 5.04. The number of nitro groups is 1. The van der Waals surface area contributed by atoms with Crippen molar-refractivity contribution in [3.05, 3.63) is 69.8 Å². The van der Waals surface area contributed by atoms with Crippen LogP contribution in [0.5, 0.6) is 0 Å². The summed E-state index contributed by atoms with van der Waals surface area (Å²) < 4.78 is 0. The predicted molar refractivity (Wildman–Crippen MR) is 107 cm³/mol. The third-order valence-electron chi connectivity index (χ3n) is 3.84. The number of nitrogens with one attached hydrogen (secondary N) is 1. The number of anilines is 1. The molecule has 0 aromatic heterocycles. The maximum Gasteiger partial charge on any atom is 0.269 e. The summed E-state index contributed by atoms with van der Waals surface area (Å²) in [5, 5.41) is 13.6. The van der Waals surface area contributed by atoms with Crippen LogP contribution in [0.3, 0.4) is 0 Å². The summed E-state index contributed by atoms with van der Waals surface area (Å²) in [5.74, 6) is -0.0689. The minimum atomic E-state index is -0.432. The van der Waals surface area contributed by atoms with Crippen LogP contribution in [0.25, 0.3) is 0 Å². The van der Waals surface area contributed by atoms with E-state index in [-0.39, 0.29) is 28.5 Å². The van der Waals surface area contributed by atoms with Crippen LogP contribution in [0.1, 0.15) is 28.1 Å². The van der Waals surface area contributed by atoms with Crippen molar-refractivity contribution in [3.63, 3.8) is 0 Å². The Morgan fingerprint density at radius 1 is 1.19 bits per heavy atom. The Kier molecular flexibility index (Phi) is 6.95. The smallest absolute Gasteiger partial charge is 0.269 e. The second kappa shape index (κ2) is 9.18. The molecule has 0 unspecified atom stereocenters. The summed E-state index contributed by atoms with van der Waals surface area (Å²) in [4.78, 5) is 35.9. The zero-order valence-electron chi connectivity index (χ0n) is 15.3. The van der Waals surface area contributed by atoms with E-state index in [1.807, 2.05) is 13.0 Å². The highest BCUT2D eigenvalue weighted by Crippen LogP contribution is 2.30. The van der Waals surface area contributed by atoms with E-state index in [2.05, 4.69) is 5.32 Å². The maximum atomic E-state index is 12.1. The zero-order chi connectivity index (χ0) is 20.0. The van der Waals surface area contributed by atoms with Gasteiger partial charge in [-0.2, -0.15) is 0 Å². The van der Waals surface area contributed by atoms with Gasteiger partial charge in [-0.05, 0) is 36.8 Å². The van der Waals surface area contributed by atoms with E-state index < -0.39 is 4.92 Å². The van der Waals surface area contributed by atoms with Crippen LogP contribution >= 0.6 is 11.8 Å². The summed E-state index contributed by atoms with van der Waals surface area (Å²) in [7, 11) is 3.36. The van der Waals surface area contributed by atoms with Gasteiger partial charge in [0.05, 0.1) is 10.7 Å². The fourth-order valence-electron chi connectivity index (χ4n) is 2.34. The second-order valence-corrected chi connectivity index (χ2v) is 7.46. The van der Waals surface area contributed by atoms with Gasteiger partial charge < -0.3 is 10.2 Å². The molecule has 0 heterocycles. The Morgan fingerprint density at radius 3 is 2.44 bits per heavy atom. The number of non-ortho nitro benzene ring substituents is 1. The molecule has 7 nitrogen and oxygen atoms in total. The quantitative estimate of drug-likeness (QED) is 0.577. The summed E-state index contributed by atoms with van der Waals surface area (Å²) in [6.07, 6.45) is 0. The van der Waals surface area contributed by atoms with Crippen molar-refractivity contribution in [1.29, 1.82) is 0 Å². The van der Waals surface area contributed by atoms with Gasteiger partial charge in [-0.1, -0.05) is 12.1 Å².